The second kappa shape index (κ2) is 10.6. The number of rotatable bonds is 5. The third kappa shape index (κ3) is 4.08. The molecular weight excluding hydrogens is 567 g/mol. The maximum absolute atomic E-state index is 2.60. The second-order valence-corrected chi connectivity index (χ2v) is 14.6. The predicted octanol–water partition coefficient (Wildman–Crippen LogP) is 12.2. The van der Waals surface area contributed by atoms with Gasteiger partial charge in [0.05, 0.1) is 5.69 Å². The molecule has 47 heavy (non-hydrogen) atoms. The predicted molar refractivity (Wildman–Crippen MR) is 195 cm³/mol. The summed E-state index contributed by atoms with van der Waals surface area (Å²) in [6.07, 6.45) is 7.15. The van der Waals surface area contributed by atoms with Crippen LogP contribution in [-0.2, 0) is 5.41 Å². The second-order valence-electron chi connectivity index (χ2n) is 14.6. The van der Waals surface area contributed by atoms with Crippen molar-refractivity contribution in [2.75, 3.05) is 4.90 Å². The molecule has 5 aliphatic rings. The third-order valence-corrected chi connectivity index (χ3v) is 12.3. The fraction of sp³-hybridized carbons (Fsp3) is 0.217. The molecule has 0 unspecified atom stereocenters. The van der Waals surface area contributed by atoms with E-state index in [4.69, 9.17) is 0 Å². The summed E-state index contributed by atoms with van der Waals surface area (Å²) in [5.41, 5.74) is 15.0. The van der Waals surface area contributed by atoms with Crippen LogP contribution in [0.5, 0.6) is 0 Å². The molecule has 4 fully saturated rings. The van der Waals surface area contributed by atoms with Crippen LogP contribution in [0.25, 0.3) is 33.4 Å². The van der Waals surface area contributed by atoms with Crippen LogP contribution < -0.4 is 4.90 Å². The molecule has 0 radical (unpaired) electrons. The van der Waals surface area contributed by atoms with Gasteiger partial charge in [-0.15, -0.1) is 0 Å². The van der Waals surface area contributed by atoms with E-state index in [-0.39, 0.29) is 5.41 Å². The largest absolute Gasteiger partial charge is 0.310 e. The normalized spacial score (nSPS) is 24.7. The van der Waals surface area contributed by atoms with Crippen LogP contribution >= 0.6 is 0 Å². The van der Waals surface area contributed by atoms with Crippen molar-refractivity contribution < 1.29 is 0 Å². The van der Waals surface area contributed by atoms with Crippen molar-refractivity contribution in [3.8, 4) is 33.4 Å². The molecule has 6 aromatic carbocycles. The molecule has 11 rings (SSSR count). The van der Waals surface area contributed by atoms with Crippen molar-refractivity contribution in [2.45, 2.75) is 37.5 Å². The summed E-state index contributed by atoms with van der Waals surface area (Å²) in [4.78, 5) is 2.40. The van der Waals surface area contributed by atoms with E-state index in [9.17, 15) is 0 Å². The minimum Gasteiger partial charge on any atom is -0.310 e. The monoisotopic (exact) mass is 605 g/mol. The van der Waals surface area contributed by atoms with Gasteiger partial charge in [-0.2, -0.15) is 0 Å². The summed E-state index contributed by atoms with van der Waals surface area (Å²) in [6.45, 7) is 0. The molecule has 0 saturated heterocycles. The Kier molecular flexibility index (Phi) is 6.13. The fourth-order valence-electron chi connectivity index (χ4n) is 10.7. The van der Waals surface area contributed by atoms with E-state index in [0.29, 0.717) is 0 Å². The SMILES string of the molecule is c1ccc(-c2ccccc2N(c2ccccc2)c2ccc(-c3ccc4c(c3)C3(c5ccccc5-4)C4CC5CC(C4)CC3C5)cc2)cc1. The Balaban J connectivity index is 1.07. The molecule has 6 aromatic rings. The summed E-state index contributed by atoms with van der Waals surface area (Å²) in [5.74, 6) is 3.47. The Labute approximate surface area is 278 Å². The first-order valence-corrected chi connectivity index (χ1v) is 17.6. The molecule has 228 valence electrons. The van der Waals surface area contributed by atoms with Gasteiger partial charge in [0, 0.05) is 22.4 Å². The van der Waals surface area contributed by atoms with Crippen molar-refractivity contribution in [3.05, 3.63) is 163 Å². The van der Waals surface area contributed by atoms with E-state index in [0.717, 1.165) is 35.0 Å². The summed E-state index contributed by atoms with van der Waals surface area (Å²) < 4.78 is 0. The highest BCUT2D eigenvalue weighted by Crippen LogP contribution is 2.69. The van der Waals surface area contributed by atoms with Crippen LogP contribution in [0.4, 0.5) is 17.1 Å². The number of para-hydroxylation sites is 2. The van der Waals surface area contributed by atoms with E-state index in [2.05, 4.69) is 157 Å². The van der Waals surface area contributed by atoms with Gasteiger partial charge in [-0.1, -0.05) is 115 Å². The number of fused-ring (bicyclic) bond motifs is 3. The van der Waals surface area contributed by atoms with Crippen LogP contribution in [0.3, 0.4) is 0 Å². The first-order valence-electron chi connectivity index (χ1n) is 17.6. The molecule has 4 saturated carbocycles. The Morgan fingerprint density at radius 3 is 1.68 bits per heavy atom. The highest BCUT2D eigenvalue weighted by molar-refractivity contribution is 5.89. The zero-order valence-corrected chi connectivity index (χ0v) is 26.7. The maximum Gasteiger partial charge on any atom is 0.0540 e. The molecule has 0 amide bonds. The lowest BCUT2D eigenvalue weighted by molar-refractivity contribution is -0.0399. The number of hydrogen-bond acceptors (Lipinski definition) is 1. The number of anilines is 3. The van der Waals surface area contributed by atoms with Crippen LogP contribution in [0.1, 0.15) is 43.2 Å². The fourth-order valence-corrected chi connectivity index (χ4v) is 10.7. The standard InChI is InChI=1S/C46H39N/c1-3-11-34(12-4-1)40-15-8-10-18-45(40)47(38-13-5-2-6-14-38)39-22-19-33(20-23-39)35-21-24-42-41-16-7-9-17-43(41)46(44(42)30-35)36-26-31-25-32(28-36)29-37(46)27-31/h1-24,30-32,36-37H,25-29H2. The average molecular weight is 606 g/mol. The Morgan fingerprint density at radius 2 is 0.957 bits per heavy atom. The van der Waals surface area contributed by atoms with E-state index in [1.807, 2.05) is 0 Å². The van der Waals surface area contributed by atoms with Gasteiger partial charge in [-0.3, -0.25) is 0 Å². The van der Waals surface area contributed by atoms with Gasteiger partial charge in [-0.05, 0) is 131 Å². The summed E-state index contributed by atoms with van der Waals surface area (Å²) >= 11 is 0. The maximum atomic E-state index is 2.60. The third-order valence-electron chi connectivity index (χ3n) is 12.3. The Morgan fingerprint density at radius 1 is 0.404 bits per heavy atom. The van der Waals surface area contributed by atoms with Gasteiger partial charge in [0.15, 0.2) is 0 Å². The van der Waals surface area contributed by atoms with Gasteiger partial charge < -0.3 is 4.90 Å². The summed E-state index contributed by atoms with van der Waals surface area (Å²) in [7, 11) is 0. The highest BCUT2D eigenvalue weighted by atomic mass is 15.1. The van der Waals surface area contributed by atoms with Crippen LogP contribution in [-0.4, -0.2) is 0 Å². The molecule has 0 atom stereocenters. The Hall–Kier alpha value is -4.88. The number of nitrogens with zero attached hydrogens (tertiary/aromatic N) is 1. The van der Waals surface area contributed by atoms with E-state index < -0.39 is 0 Å². The highest BCUT2D eigenvalue weighted by Gasteiger charge is 2.61. The number of hydrogen-bond donors (Lipinski definition) is 0. The van der Waals surface area contributed by atoms with Crippen molar-refractivity contribution in [1.29, 1.82) is 0 Å². The Bertz CT molecular complexity index is 2060. The van der Waals surface area contributed by atoms with Crippen molar-refractivity contribution >= 4 is 17.1 Å². The summed E-state index contributed by atoms with van der Waals surface area (Å²) in [6, 6.07) is 56.4. The minimum absolute atomic E-state index is 0.195. The summed E-state index contributed by atoms with van der Waals surface area (Å²) in [5, 5.41) is 0. The van der Waals surface area contributed by atoms with Crippen LogP contribution in [0.15, 0.2) is 152 Å². The first-order chi connectivity index (χ1) is 23.3. The van der Waals surface area contributed by atoms with Crippen molar-refractivity contribution in [1.82, 2.24) is 0 Å². The van der Waals surface area contributed by atoms with Crippen molar-refractivity contribution in [2.24, 2.45) is 23.7 Å². The quantitative estimate of drug-likeness (QED) is 0.189. The van der Waals surface area contributed by atoms with Crippen LogP contribution in [0.2, 0.25) is 0 Å². The lowest BCUT2D eigenvalue weighted by Crippen LogP contribution is -2.55. The molecule has 0 aromatic heterocycles. The van der Waals surface area contributed by atoms with E-state index >= 15 is 0 Å². The lowest BCUT2D eigenvalue weighted by atomic mass is 9.43. The minimum atomic E-state index is 0.195. The molecule has 1 heteroatoms. The van der Waals surface area contributed by atoms with Crippen molar-refractivity contribution in [3.63, 3.8) is 0 Å². The average Bonchev–Trinajstić information content (AvgIpc) is 3.42. The lowest BCUT2D eigenvalue weighted by Gasteiger charge is -2.61. The topological polar surface area (TPSA) is 3.24 Å². The molecular formula is C46H39N. The molecule has 1 spiro atoms. The van der Waals surface area contributed by atoms with Gasteiger partial charge >= 0.3 is 0 Å². The zero-order valence-electron chi connectivity index (χ0n) is 26.7. The molecule has 4 bridgehead atoms. The molecule has 1 nitrogen and oxygen atoms in total. The molecule has 5 aliphatic carbocycles. The van der Waals surface area contributed by atoms with Gasteiger partial charge in [0.25, 0.3) is 0 Å². The molecule has 0 aliphatic heterocycles. The van der Waals surface area contributed by atoms with Gasteiger partial charge in [-0.25, -0.2) is 0 Å². The van der Waals surface area contributed by atoms with Gasteiger partial charge in [0.2, 0.25) is 0 Å². The first kappa shape index (κ1) is 27.3. The molecule has 0 heterocycles. The molecule has 0 N–H and O–H groups in total. The van der Waals surface area contributed by atoms with Crippen LogP contribution in [0, 0.1) is 23.7 Å². The smallest absolute Gasteiger partial charge is 0.0540 e. The van der Waals surface area contributed by atoms with Gasteiger partial charge in [0.1, 0.15) is 0 Å². The van der Waals surface area contributed by atoms with E-state index in [1.54, 1.807) is 11.1 Å². The van der Waals surface area contributed by atoms with E-state index in [1.165, 1.54) is 71.2 Å². The number of benzene rings is 6. The zero-order chi connectivity index (χ0) is 31.0.